The van der Waals surface area contributed by atoms with Gasteiger partial charge in [-0.1, -0.05) is 13.8 Å². The molecule has 16 heavy (non-hydrogen) atoms. The maximum absolute atomic E-state index is 11.7. The van der Waals surface area contributed by atoms with Crippen LogP contribution in [0.1, 0.15) is 27.2 Å². The summed E-state index contributed by atoms with van der Waals surface area (Å²) in [6.07, 6.45) is 1.09. The van der Waals surface area contributed by atoms with Gasteiger partial charge in [-0.15, -0.1) is 0 Å². The molecule has 1 fully saturated rings. The second-order valence-corrected chi connectivity index (χ2v) is 4.91. The molecule has 0 radical (unpaired) electrons. The Morgan fingerprint density at radius 1 is 1.38 bits per heavy atom. The van der Waals surface area contributed by atoms with Crippen molar-refractivity contribution in [1.82, 2.24) is 10.6 Å². The number of nitrogens with one attached hydrogen (secondary N) is 2. The van der Waals surface area contributed by atoms with Gasteiger partial charge in [0, 0.05) is 19.7 Å². The minimum Gasteiger partial charge on any atom is -0.381 e. The number of carbonyl (C=O) groups excluding carboxylic acids is 1. The summed E-state index contributed by atoms with van der Waals surface area (Å²) in [5.41, 5.74) is 0. The molecule has 0 bridgehead atoms. The molecule has 3 atom stereocenters. The maximum Gasteiger partial charge on any atom is 0.237 e. The Morgan fingerprint density at radius 3 is 2.50 bits per heavy atom. The van der Waals surface area contributed by atoms with Crippen LogP contribution < -0.4 is 10.6 Å². The minimum atomic E-state index is -0.111. The van der Waals surface area contributed by atoms with Gasteiger partial charge in [0.25, 0.3) is 0 Å². The summed E-state index contributed by atoms with van der Waals surface area (Å²) < 4.78 is 5.37. The zero-order valence-electron chi connectivity index (χ0n) is 10.7. The molecule has 3 unspecified atom stereocenters. The standard InChI is InChI=1S/C12H24N2O2/c1-8(2)11(12(15)13-4)14-9(3)10-5-6-16-7-10/h8-11,14H,5-7H2,1-4H3,(H,13,15). The highest BCUT2D eigenvalue weighted by atomic mass is 16.5. The van der Waals surface area contributed by atoms with Gasteiger partial charge in [0.1, 0.15) is 0 Å². The highest BCUT2D eigenvalue weighted by Gasteiger charge is 2.28. The number of carbonyl (C=O) groups is 1. The van der Waals surface area contributed by atoms with Crippen molar-refractivity contribution in [2.45, 2.75) is 39.3 Å². The molecular weight excluding hydrogens is 204 g/mol. The van der Waals surface area contributed by atoms with Gasteiger partial charge >= 0.3 is 0 Å². The Hall–Kier alpha value is -0.610. The molecule has 1 aliphatic heterocycles. The molecule has 0 saturated carbocycles. The highest BCUT2D eigenvalue weighted by molar-refractivity contribution is 5.81. The average molecular weight is 228 g/mol. The first-order chi connectivity index (χ1) is 7.56. The Morgan fingerprint density at radius 2 is 2.06 bits per heavy atom. The smallest absolute Gasteiger partial charge is 0.237 e. The van der Waals surface area contributed by atoms with Crippen LogP contribution >= 0.6 is 0 Å². The van der Waals surface area contributed by atoms with Crippen molar-refractivity contribution in [3.63, 3.8) is 0 Å². The molecular formula is C12H24N2O2. The molecule has 4 nitrogen and oxygen atoms in total. The van der Waals surface area contributed by atoms with Crippen molar-refractivity contribution in [2.75, 3.05) is 20.3 Å². The lowest BCUT2D eigenvalue weighted by Gasteiger charge is -2.27. The van der Waals surface area contributed by atoms with Gasteiger partial charge < -0.3 is 15.4 Å². The Labute approximate surface area is 98.1 Å². The zero-order chi connectivity index (χ0) is 12.1. The lowest BCUT2D eigenvalue weighted by molar-refractivity contribution is -0.124. The van der Waals surface area contributed by atoms with E-state index < -0.39 is 0 Å². The number of likely N-dealkylation sites (N-methyl/N-ethyl adjacent to an activating group) is 1. The monoisotopic (exact) mass is 228 g/mol. The fourth-order valence-electron chi connectivity index (χ4n) is 2.09. The van der Waals surface area contributed by atoms with Gasteiger partial charge in [-0.3, -0.25) is 4.79 Å². The normalized spacial score (nSPS) is 24.4. The fourth-order valence-corrected chi connectivity index (χ4v) is 2.09. The molecule has 1 saturated heterocycles. The predicted octanol–water partition coefficient (Wildman–Crippen LogP) is 0.772. The third-order valence-corrected chi connectivity index (χ3v) is 3.31. The predicted molar refractivity (Wildman–Crippen MR) is 64.2 cm³/mol. The van der Waals surface area contributed by atoms with E-state index in [4.69, 9.17) is 4.74 Å². The summed E-state index contributed by atoms with van der Waals surface area (Å²) in [4.78, 5) is 11.7. The molecule has 94 valence electrons. The van der Waals surface area contributed by atoms with E-state index in [2.05, 4.69) is 31.4 Å². The van der Waals surface area contributed by atoms with E-state index in [0.717, 1.165) is 19.6 Å². The van der Waals surface area contributed by atoms with Crippen molar-refractivity contribution in [1.29, 1.82) is 0 Å². The summed E-state index contributed by atoms with van der Waals surface area (Å²) in [6, 6.07) is 0.216. The van der Waals surface area contributed by atoms with Crippen molar-refractivity contribution in [3.8, 4) is 0 Å². The minimum absolute atomic E-state index is 0.0702. The third-order valence-electron chi connectivity index (χ3n) is 3.31. The van der Waals surface area contributed by atoms with E-state index in [-0.39, 0.29) is 11.9 Å². The van der Waals surface area contributed by atoms with Crippen molar-refractivity contribution >= 4 is 5.91 Å². The lowest BCUT2D eigenvalue weighted by Crippen LogP contribution is -2.51. The summed E-state index contributed by atoms with van der Waals surface area (Å²) in [7, 11) is 1.68. The Kier molecular flexibility index (Phi) is 5.22. The van der Waals surface area contributed by atoms with Gasteiger partial charge in [-0.25, -0.2) is 0 Å². The topological polar surface area (TPSA) is 50.4 Å². The van der Waals surface area contributed by atoms with Gasteiger partial charge in [-0.05, 0) is 25.2 Å². The first-order valence-corrected chi connectivity index (χ1v) is 6.11. The summed E-state index contributed by atoms with van der Waals surface area (Å²) in [5, 5.41) is 6.13. The molecule has 0 aliphatic carbocycles. The molecule has 0 spiro atoms. The van der Waals surface area contributed by atoms with E-state index in [0.29, 0.717) is 17.9 Å². The van der Waals surface area contributed by atoms with E-state index in [1.165, 1.54) is 0 Å². The van der Waals surface area contributed by atoms with E-state index >= 15 is 0 Å². The molecule has 1 heterocycles. The van der Waals surface area contributed by atoms with Crippen LogP contribution in [0.15, 0.2) is 0 Å². The van der Waals surface area contributed by atoms with Gasteiger partial charge in [-0.2, -0.15) is 0 Å². The van der Waals surface area contributed by atoms with Crippen LogP contribution in [0.2, 0.25) is 0 Å². The second kappa shape index (κ2) is 6.21. The van der Waals surface area contributed by atoms with Gasteiger partial charge in [0.2, 0.25) is 5.91 Å². The third kappa shape index (κ3) is 3.46. The number of hydrogen-bond acceptors (Lipinski definition) is 3. The molecule has 0 aromatic rings. The molecule has 1 aliphatic rings. The molecule has 1 rings (SSSR count). The zero-order valence-corrected chi connectivity index (χ0v) is 10.7. The SMILES string of the molecule is CNC(=O)C(NC(C)C1CCOC1)C(C)C. The summed E-state index contributed by atoms with van der Waals surface area (Å²) >= 11 is 0. The van der Waals surface area contributed by atoms with Gasteiger partial charge in [0.15, 0.2) is 0 Å². The van der Waals surface area contributed by atoms with E-state index in [9.17, 15) is 4.79 Å². The molecule has 2 N–H and O–H groups in total. The largest absolute Gasteiger partial charge is 0.381 e. The van der Waals surface area contributed by atoms with Crippen molar-refractivity contribution in [2.24, 2.45) is 11.8 Å². The quantitative estimate of drug-likeness (QED) is 0.731. The Bertz CT molecular complexity index is 225. The molecule has 0 aromatic heterocycles. The number of rotatable bonds is 5. The highest BCUT2D eigenvalue weighted by Crippen LogP contribution is 2.17. The number of hydrogen-bond donors (Lipinski definition) is 2. The van der Waals surface area contributed by atoms with Crippen LogP contribution in [0.25, 0.3) is 0 Å². The first kappa shape index (κ1) is 13.5. The summed E-state index contributed by atoms with van der Waals surface area (Å²) in [5.74, 6) is 0.899. The van der Waals surface area contributed by atoms with E-state index in [1.54, 1.807) is 7.05 Å². The van der Waals surface area contributed by atoms with Crippen LogP contribution in [0.3, 0.4) is 0 Å². The first-order valence-electron chi connectivity index (χ1n) is 6.11. The lowest BCUT2D eigenvalue weighted by atomic mass is 9.96. The number of amides is 1. The van der Waals surface area contributed by atoms with Crippen LogP contribution in [-0.4, -0.2) is 38.3 Å². The van der Waals surface area contributed by atoms with Crippen LogP contribution in [0.4, 0.5) is 0 Å². The van der Waals surface area contributed by atoms with Crippen LogP contribution in [0, 0.1) is 11.8 Å². The fraction of sp³-hybridized carbons (Fsp3) is 0.917. The van der Waals surface area contributed by atoms with Crippen molar-refractivity contribution < 1.29 is 9.53 Å². The molecule has 4 heteroatoms. The average Bonchev–Trinajstić information content (AvgIpc) is 2.77. The Balaban J connectivity index is 2.50. The van der Waals surface area contributed by atoms with E-state index in [1.807, 2.05) is 0 Å². The summed E-state index contributed by atoms with van der Waals surface area (Å²) in [6.45, 7) is 7.92. The molecule has 0 aromatic carbocycles. The van der Waals surface area contributed by atoms with Crippen molar-refractivity contribution in [3.05, 3.63) is 0 Å². The second-order valence-electron chi connectivity index (χ2n) is 4.91. The molecule has 1 amide bonds. The number of ether oxygens (including phenoxy) is 1. The van der Waals surface area contributed by atoms with Crippen LogP contribution in [0.5, 0.6) is 0 Å². The maximum atomic E-state index is 11.7. The van der Waals surface area contributed by atoms with Crippen LogP contribution in [-0.2, 0) is 9.53 Å². The van der Waals surface area contributed by atoms with Gasteiger partial charge in [0.05, 0.1) is 12.6 Å².